The molecule has 1 aromatic rings. The molecular formula is C8H8F4O. The third kappa shape index (κ3) is 2.34. The average Bonchev–Trinajstić information content (AvgIpc) is 2.15. The van der Waals surface area contributed by atoms with Crippen LogP contribution in [0.5, 0.6) is 5.75 Å². The molecular weight excluding hydrogens is 188 g/mol. The van der Waals surface area contributed by atoms with Gasteiger partial charge in [-0.15, -0.1) is 0 Å². The van der Waals surface area contributed by atoms with Gasteiger partial charge in [-0.25, -0.2) is 8.78 Å². The van der Waals surface area contributed by atoms with Crippen LogP contribution in [0.4, 0.5) is 17.6 Å². The Morgan fingerprint density at radius 1 is 0.923 bits per heavy atom. The molecule has 0 saturated heterocycles. The summed E-state index contributed by atoms with van der Waals surface area (Å²) in [5, 5.41) is 8.34. The summed E-state index contributed by atoms with van der Waals surface area (Å²) in [6, 6.07) is 0.0182. The number of hydrogen-bond acceptors (Lipinski definition) is 1. The molecule has 1 aromatic carbocycles. The fraction of sp³-hybridized carbons (Fsp3) is 0.250. The molecule has 0 aliphatic carbocycles. The number of halogens is 4. The molecule has 1 N–H and O–H groups in total. The van der Waals surface area contributed by atoms with E-state index in [1.54, 1.807) is 0 Å². The van der Waals surface area contributed by atoms with Crippen molar-refractivity contribution in [1.82, 2.24) is 0 Å². The molecule has 1 nitrogen and oxygen atoms in total. The molecule has 0 unspecified atom stereocenters. The van der Waals surface area contributed by atoms with Crippen molar-refractivity contribution in [3.8, 4) is 5.75 Å². The van der Waals surface area contributed by atoms with Gasteiger partial charge in [-0.05, 0) is 0 Å². The minimum Gasteiger partial charge on any atom is -0.503 e. The van der Waals surface area contributed by atoms with E-state index in [4.69, 9.17) is 5.11 Å². The Bertz CT molecular complexity index is 272. The molecule has 74 valence electrons. The van der Waals surface area contributed by atoms with Gasteiger partial charge in [-0.3, -0.25) is 0 Å². The highest BCUT2D eigenvalue weighted by Gasteiger charge is 2.17. The van der Waals surface area contributed by atoms with Crippen LogP contribution >= 0.6 is 0 Å². The van der Waals surface area contributed by atoms with Crippen LogP contribution in [0.15, 0.2) is 6.07 Å². The summed E-state index contributed by atoms with van der Waals surface area (Å²) in [7, 11) is 0. The second-order valence-corrected chi connectivity index (χ2v) is 1.82. The monoisotopic (exact) mass is 196 g/mol. The summed E-state index contributed by atoms with van der Waals surface area (Å²) in [4.78, 5) is 0. The Balaban J connectivity index is 0.000000671. The molecule has 0 bridgehead atoms. The maximum Gasteiger partial charge on any atom is 0.203 e. The van der Waals surface area contributed by atoms with Gasteiger partial charge in [-0.2, -0.15) is 8.78 Å². The highest BCUT2D eigenvalue weighted by Crippen LogP contribution is 2.24. The maximum absolute atomic E-state index is 12.1. The van der Waals surface area contributed by atoms with Crippen molar-refractivity contribution in [2.45, 2.75) is 13.8 Å². The minimum atomic E-state index is -1.79. The second-order valence-electron chi connectivity index (χ2n) is 1.82. The Morgan fingerprint density at radius 3 is 1.54 bits per heavy atom. The van der Waals surface area contributed by atoms with E-state index in [0.29, 0.717) is 0 Å². The lowest BCUT2D eigenvalue weighted by atomic mass is 10.3. The third-order valence-corrected chi connectivity index (χ3v) is 1.09. The van der Waals surface area contributed by atoms with Gasteiger partial charge in [0, 0.05) is 6.07 Å². The first kappa shape index (κ1) is 11.7. The van der Waals surface area contributed by atoms with Crippen LogP contribution in [-0.4, -0.2) is 5.11 Å². The molecule has 0 aliphatic rings. The molecule has 0 atom stereocenters. The minimum absolute atomic E-state index is 0.0182. The first-order chi connectivity index (χ1) is 6.04. The zero-order chi connectivity index (χ0) is 10.6. The summed E-state index contributed by atoms with van der Waals surface area (Å²) in [6.45, 7) is 4.00. The predicted octanol–water partition coefficient (Wildman–Crippen LogP) is 2.97. The SMILES string of the molecule is CC.Oc1c(F)c(F)cc(F)c1F. The number of rotatable bonds is 0. The lowest BCUT2D eigenvalue weighted by molar-refractivity contribution is 0.356. The molecule has 13 heavy (non-hydrogen) atoms. The molecule has 0 fully saturated rings. The number of hydrogen-bond donors (Lipinski definition) is 1. The number of benzene rings is 1. The Morgan fingerprint density at radius 2 is 1.23 bits per heavy atom. The molecule has 0 aliphatic heterocycles. The van der Waals surface area contributed by atoms with Gasteiger partial charge in [0.05, 0.1) is 0 Å². The quantitative estimate of drug-likeness (QED) is 0.499. The van der Waals surface area contributed by atoms with Gasteiger partial charge in [0.15, 0.2) is 17.4 Å². The summed E-state index contributed by atoms with van der Waals surface area (Å²) >= 11 is 0. The number of phenols is 1. The van der Waals surface area contributed by atoms with Crippen molar-refractivity contribution in [2.24, 2.45) is 0 Å². The summed E-state index contributed by atoms with van der Waals surface area (Å²) in [5.74, 6) is -8.46. The van der Waals surface area contributed by atoms with Gasteiger partial charge in [-0.1, -0.05) is 13.8 Å². The normalized spacial score (nSPS) is 9.08. The molecule has 0 saturated carbocycles. The largest absolute Gasteiger partial charge is 0.503 e. The lowest BCUT2D eigenvalue weighted by Gasteiger charge is -1.98. The van der Waals surface area contributed by atoms with Crippen LogP contribution in [0.25, 0.3) is 0 Å². The van der Waals surface area contributed by atoms with E-state index in [1.807, 2.05) is 13.8 Å². The Kier molecular flexibility index (Phi) is 4.23. The van der Waals surface area contributed by atoms with Crippen LogP contribution in [0.2, 0.25) is 0 Å². The fourth-order valence-corrected chi connectivity index (χ4v) is 0.561. The van der Waals surface area contributed by atoms with E-state index >= 15 is 0 Å². The zero-order valence-corrected chi connectivity index (χ0v) is 7.04. The van der Waals surface area contributed by atoms with Gasteiger partial charge in [0.25, 0.3) is 0 Å². The molecule has 0 radical (unpaired) electrons. The molecule has 5 heteroatoms. The smallest absolute Gasteiger partial charge is 0.203 e. The van der Waals surface area contributed by atoms with Gasteiger partial charge in [0.2, 0.25) is 11.6 Å². The Labute approximate surface area is 72.6 Å². The summed E-state index contributed by atoms with van der Waals surface area (Å²) in [5.41, 5.74) is 0. The number of phenolic OH excluding ortho intramolecular Hbond substituents is 1. The van der Waals surface area contributed by atoms with Crippen LogP contribution in [0.3, 0.4) is 0 Å². The molecule has 0 amide bonds. The third-order valence-electron chi connectivity index (χ3n) is 1.09. The van der Waals surface area contributed by atoms with Crippen LogP contribution in [0, 0.1) is 23.3 Å². The van der Waals surface area contributed by atoms with Crippen molar-refractivity contribution < 1.29 is 22.7 Å². The van der Waals surface area contributed by atoms with Crippen LogP contribution in [-0.2, 0) is 0 Å². The average molecular weight is 196 g/mol. The van der Waals surface area contributed by atoms with Crippen molar-refractivity contribution in [3.05, 3.63) is 29.3 Å². The van der Waals surface area contributed by atoms with E-state index in [0.717, 1.165) is 0 Å². The second kappa shape index (κ2) is 4.69. The van der Waals surface area contributed by atoms with Crippen LogP contribution < -0.4 is 0 Å². The van der Waals surface area contributed by atoms with Gasteiger partial charge < -0.3 is 5.11 Å². The Hall–Kier alpha value is -1.26. The van der Waals surface area contributed by atoms with E-state index in [9.17, 15) is 17.6 Å². The van der Waals surface area contributed by atoms with E-state index in [1.165, 1.54) is 0 Å². The first-order valence-electron chi connectivity index (χ1n) is 3.56. The number of aromatic hydroxyl groups is 1. The van der Waals surface area contributed by atoms with Crippen molar-refractivity contribution in [3.63, 3.8) is 0 Å². The fourth-order valence-electron chi connectivity index (χ4n) is 0.561. The molecule has 1 rings (SSSR count). The maximum atomic E-state index is 12.1. The highest BCUT2D eigenvalue weighted by atomic mass is 19.2. The topological polar surface area (TPSA) is 20.2 Å². The summed E-state index contributed by atoms with van der Waals surface area (Å²) < 4.78 is 48.4. The summed E-state index contributed by atoms with van der Waals surface area (Å²) in [6.07, 6.45) is 0. The first-order valence-corrected chi connectivity index (χ1v) is 3.56. The zero-order valence-electron chi connectivity index (χ0n) is 7.04. The predicted molar refractivity (Wildman–Crippen MR) is 39.3 cm³/mol. The van der Waals surface area contributed by atoms with E-state index in [2.05, 4.69) is 0 Å². The van der Waals surface area contributed by atoms with Crippen molar-refractivity contribution in [1.29, 1.82) is 0 Å². The molecule has 0 aromatic heterocycles. The lowest BCUT2D eigenvalue weighted by Crippen LogP contribution is -1.92. The highest BCUT2D eigenvalue weighted by molar-refractivity contribution is 5.26. The molecule has 0 spiro atoms. The van der Waals surface area contributed by atoms with Gasteiger partial charge >= 0.3 is 0 Å². The van der Waals surface area contributed by atoms with Gasteiger partial charge in [0.1, 0.15) is 0 Å². The van der Waals surface area contributed by atoms with E-state index < -0.39 is 29.0 Å². The molecule has 0 heterocycles. The van der Waals surface area contributed by atoms with Crippen molar-refractivity contribution in [2.75, 3.05) is 0 Å². The van der Waals surface area contributed by atoms with E-state index in [-0.39, 0.29) is 6.07 Å². The van der Waals surface area contributed by atoms with Crippen molar-refractivity contribution >= 4 is 0 Å². The standard InChI is InChI=1S/C6H2F4O.C2H6/c7-2-1-3(8)5(10)6(11)4(2)9;1-2/h1,11H;1-2H3. The van der Waals surface area contributed by atoms with Crippen LogP contribution in [0.1, 0.15) is 13.8 Å².